The zero-order valence-corrected chi connectivity index (χ0v) is 18.7. The standard InChI is InChI=1S/C18H19ClN2O5S3/c1-12-13(19)3-2-4-14(12)20-16(22)11-26-18(23)17-15(5-8-28-17)29(24,25)21-6-9-27-10-7-21/h2-5,8H,6-7,9-11H2,1H3,(H,20,22). The molecule has 1 fully saturated rings. The van der Waals surface area contributed by atoms with Crippen LogP contribution < -0.4 is 5.32 Å². The summed E-state index contributed by atoms with van der Waals surface area (Å²) >= 11 is 8.68. The van der Waals surface area contributed by atoms with E-state index in [0.29, 0.717) is 40.9 Å². The number of ether oxygens (including phenoxy) is 1. The third kappa shape index (κ3) is 5.13. The molecule has 7 nitrogen and oxygen atoms in total. The molecule has 1 saturated heterocycles. The lowest BCUT2D eigenvalue weighted by molar-refractivity contribution is -0.119. The number of rotatable bonds is 6. The Balaban J connectivity index is 1.65. The smallest absolute Gasteiger partial charge is 0.350 e. The first kappa shape index (κ1) is 22.1. The zero-order valence-electron chi connectivity index (χ0n) is 15.5. The summed E-state index contributed by atoms with van der Waals surface area (Å²) in [7, 11) is -3.78. The number of carbonyl (C=O) groups excluding carboxylic acids is 2. The fraction of sp³-hybridized carbons (Fsp3) is 0.333. The van der Waals surface area contributed by atoms with Gasteiger partial charge in [0.05, 0.1) is 0 Å². The molecule has 3 rings (SSSR count). The molecule has 2 aromatic rings. The van der Waals surface area contributed by atoms with E-state index in [1.807, 2.05) is 0 Å². The molecule has 0 radical (unpaired) electrons. The zero-order chi connectivity index (χ0) is 21.0. The molecule has 0 unspecified atom stereocenters. The summed E-state index contributed by atoms with van der Waals surface area (Å²) in [6.45, 7) is 2.02. The van der Waals surface area contributed by atoms with Crippen molar-refractivity contribution in [2.75, 3.05) is 36.5 Å². The van der Waals surface area contributed by atoms with Crippen molar-refractivity contribution in [1.82, 2.24) is 4.31 Å². The number of halogens is 1. The van der Waals surface area contributed by atoms with Crippen molar-refractivity contribution in [3.63, 3.8) is 0 Å². The second-order valence-corrected chi connectivity index (χ2v) is 10.6. The number of hydrogen-bond donors (Lipinski definition) is 1. The molecule has 1 aliphatic heterocycles. The van der Waals surface area contributed by atoms with E-state index in [9.17, 15) is 18.0 Å². The van der Waals surface area contributed by atoms with Gasteiger partial charge in [0.15, 0.2) is 6.61 Å². The van der Waals surface area contributed by atoms with E-state index in [0.717, 1.165) is 11.3 Å². The highest BCUT2D eigenvalue weighted by Crippen LogP contribution is 2.28. The van der Waals surface area contributed by atoms with Crippen LogP contribution in [-0.2, 0) is 19.6 Å². The second-order valence-electron chi connectivity index (χ2n) is 6.17. The van der Waals surface area contributed by atoms with Crippen molar-refractivity contribution < 1.29 is 22.7 Å². The molecule has 29 heavy (non-hydrogen) atoms. The Morgan fingerprint density at radius 3 is 2.69 bits per heavy atom. The summed E-state index contributed by atoms with van der Waals surface area (Å²) in [6.07, 6.45) is 0. The fourth-order valence-electron chi connectivity index (χ4n) is 2.70. The summed E-state index contributed by atoms with van der Waals surface area (Å²) in [5.41, 5.74) is 1.21. The van der Waals surface area contributed by atoms with Gasteiger partial charge in [0.2, 0.25) is 10.0 Å². The van der Waals surface area contributed by atoms with Crippen LogP contribution in [0.15, 0.2) is 34.5 Å². The minimum atomic E-state index is -3.78. The van der Waals surface area contributed by atoms with E-state index in [4.69, 9.17) is 16.3 Å². The molecular formula is C18H19ClN2O5S3. The van der Waals surface area contributed by atoms with E-state index < -0.39 is 28.5 Å². The van der Waals surface area contributed by atoms with Gasteiger partial charge in [-0.1, -0.05) is 17.7 Å². The lowest BCUT2D eigenvalue weighted by Gasteiger charge is -2.25. The van der Waals surface area contributed by atoms with Crippen LogP contribution >= 0.6 is 34.7 Å². The van der Waals surface area contributed by atoms with Crippen molar-refractivity contribution in [1.29, 1.82) is 0 Å². The Hall–Kier alpha value is -1.59. The fourth-order valence-corrected chi connectivity index (χ4v) is 6.74. The molecule has 0 spiro atoms. The maximum Gasteiger partial charge on any atom is 0.350 e. The molecule has 156 valence electrons. The maximum absolute atomic E-state index is 12.8. The van der Waals surface area contributed by atoms with E-state index in [2.05, 4.69) is 5.32 Å². The highest BCUT2D eigenvalue weighted by atomic mass is 35.5. The minimum Gasteiger partial charge on any atom is -0.451 e. The summed E-state index contributed by atoms with van der Waals surface area (Å²) < 4.78 is 32.1. The molecule has 0 bridgehead atoms. The monoisotopic (exact) mass is 474 g/mol. The normalized spacial score (nSPS) is 15.1. The number of anilines is 1. The molecule has 1 N–H and O–H groups in total. The molecule has 0 atom stereocenters. The Bertz CT molecular complexity index is 1020. The number of benzene rings is 1. The van der Waals surface area contributed by atoms with Gasteiger partial charge in [0.1, 0.15) is 9.77 Å². The number of carbonyl (C=O) groups is 2. The molecular weight excluding hydrogens is 456 g/mol. The van der Waals surface area contributed by atoms with Gasteiger partial charge in [0, 0.05) is 35.3 Å². The lowest BCUT2D eigenvalue weighted by Crippen LogP contribution is -2.38. The molecule has 11 heteroatoms. The Labute approximate surface area is 182 Å². The first-order valence-corrected chi connectivity index (χ1v) is 12.5. The Morgan fingerprint density at radius 1 is 1.24 bits per heavy atom. The maximum atomic E-state index is 12.8. The van der Waals surface area contributed by atoms with Crippen molar-refractivity contribution in [3.05, 3.63) is 45.1 Å². The molecule has 1 aromatic carbocycles. The van der Waals surface area contributed by atoms with Gasteiger partial charge >= 0.3 is 5.97 Å². The highest BCUT2D eigenvalue weighted by molar-refractivity contribution is 7.99. The van der Waals surface area contributed by atoms with Crippen molar-refractivity contribution in [2.45, 2.75) is 11.8 Å². The summed E-state index contributed by atoms with van der Waals surface area (Å²) in [5, 5.41) is 4.65. The van der Waals surface area contributed by atoms with Crippen LogP contribution in [0.4, 0.5) is 5.69 Å². The van der Waals surface area contributed by atoms with Crippen molar-refractivity contribution in [2.24, 2.45) is 0 Å². The first-order chi connectivity index (χ1) is 13.8. The number of nitrogens with zero attached hydrogens (tertiary/aromatic N) is 1. The van der Waals surface area contributed by atoms with Crippen LogP contribution in [0.3, 0.4) is 0 Å². The van der Waals surface area contributed by atoms with E-state index >= 15 is 0 Å². The number of hydrogen-bond acceptors (Lipinski definition) is 7. The van der Waals surface area contributed by atoms with Gasteiger partial charge in [-0.15, -0.1) is 11.3 Å². The third-order valence-corrected chi connectivity index (χ3v) is 8.60. The predicted molar refractivity (Wildman–Crippen MR) is 116 cm³/mol. The first-order valence-electron chi connectivity index (χ1n) is 8.68. The molecule has 0 aliphatic carbocycles. The van der Waals surface area contributed by atoms with E-state index in [1.54, 1.807) is 36.9 Å². The van der Waals surface area contributed by atoms with Crippen molar-refractivity contribution >= 4 is 62.3 Å². The molecule has 1 aromatic heterocycles. The van der Waals surface area contributed by atoms with Gasteiger partial charge in [-0.05, 0) is 36.1 Å². The summed E-state index contributed by atoms with van der Waals surface area (Å²) in [4.78, 5) is 24.4. The van der Waals surface area contributed by atoms with Gasteiger partial charge in [-0.2, -0.15) is 16.1 Å². The van der Waals surface area contributed by atoms with Gasteiger partial charge in [0.25, 0.3) is 5.91 Å². The number of thiophene rings is 1. The quantitative estimate of drug-likeness (QED) is 0.646. The SMILES string of the molecule is Cc1c(Cl)cccc1NC(=O)COC(=O)c1sccc1S(=O)(=O)N1CCSCC1. The number of amides is 1. The summed E-state index contributed by atoms with van der Waals surface area (Å²) in [5.74, 6) is 0.0408. The third-order valence-electron chi connectivity index (χ3n) is 4.28. The minimum absolute atomic E-state index is 0.0324. The molecule has 1 aliphatic rings. The lowest BCUT2D eigenvalue weighted by atomic mass is 10.2. The average molecular weight is 475 g/mol. The van der Waals surface area contributed by atoms with Crippen LogP contribution in [0.1, 0.15) is 15.2 Å². The second kappa shape index (κ2) is 9.48. The summed E-state index contributed by atoms with van der Waals surface area (Å²) in [6, 6.07) is 6.47. The van der Waals surface area contributed by atoms with Crippen LogP contribution in [-0.4, -0.2) is 55.8 Å². The molecule has 2 heterocycles. The van der Waals surface area contributed by atoms with E-state index in [-0.39, 0.29) is 9.77 Å². The highest BCUT2D eigenvalue weighted by Gasteiger charge is 2.31. The van der Waals surface area contributed by atoms with Crippen molar-refractivity contribution in [3.8, 4) is 0 Å². The number of sulfonamides is 1. The van der Waals surface area contributed by atoms with Gasteiger partial charge in [-0.3, -0.25) is 4.79 Å². The van der Waals surface area contributed by atoms with Crippen LogP contribution in [0.5, 0.6) is 0 Å². The van der Waals surface area contributed by atoms with E-state index in [1.165, 1.54) is 15.8 Å². The largest absolute Gasteiger partial charge is 0.451 e. The van der Waals surface area contributed by atoms with Crippen LogP contribution in [0.25, 0.3) is 0 Å². The van der Waals surface area contributed by atoms with Gasteiger partial charge < -0.3 is 10.1 Å². The number of nitrogens with one attached hydrogen (secondary N) is 1. The molecule has 1 amide bonds. The van der Waals surface area contributed by atoms with Crippen LogP contribution in [0, 0.1) is 6.92 Å². The predicted octanol–water partition coefficient (Wildman–Crippen LogP) is 3.24. The Kier molecular flexibility index (Phi) is 7.23. The topological polar surface area (TPSA) is 92.8 Å². The molecule has 0 saturated carbocycles. The van der Waals surface area contributed by atoms with Crippen LogP contribution in [0.2, 0.25) is 5.02 Å². The Morgan fingerprint density at radius 2 is 1.97 bits per heavy atom. The average Bonchev–Trinajstić information content (AvgIpc) is 3.21. The number of esters is 1. The number of thioether (sulfide) groups is 1. The van der Waals surface area contributed by atoms with Gasteiger partial charge in [-0.25, -0.2) is 13.2 Å².